The number of nitrogens with two attached hydrogens (primary N) is 2. The van der Waals surface area contributed by atoms with Crippen molar-refractivity contribution in [3.8, 4) is 17.1 Å². The van der Waals surface area contributed by atoms with E-state index in [-0.39, 0.29) is 43.5 Å². The van der Waals surface area contributed by atoms with Crippen LogP contribution < -0.4 is 21.5 Å². The van der Waals surface area contributed by atoms with Crippen molar-refractivity contribution in [1.82, 2.24) is 19.9 Å². The molecule has 5 rings (SSSR count). The molecule has 1 fully saturated rings. The van der Waals surface area contributed by atoms with Crippen LogP contribution in [0.2, 0.25) is 5.02 Å². The number of likely N-dealkylation sites (tertiary alicyclic amines) is 1. The number of benzene rings is 2. The highest BCUT2D eigenvalue weighted by Crippen LogP contribution is 2.42. The molecule has 1 saturated heterocycles. The zero-order valence-corrected chi connectivity index (χ0v) is 20.5. The molecule has 1 atom stereocenters. The summed E-state index contributed by atoms with van der Waals surface area (Å²) in [4.78, 5) is 15.3. The maximum Gasteiger partial charge on any atom is 0.319 e. The van der Waals surface area contributed by atoms with E-state index < -0.39 is 11.6 Å². The maximum absolute atomic E-state index is 16.1. The van der Waals surface area contributed by atoms with Crippen LogP contribution in [0, 0.1) is 11.6 Å². The average Bonchev–Trinajstić information content (AvgIpc) is 3.43. The molecular formula is C23H24ClF2N7OS. The maximum atomic E-state index is 16.1. The summed E-state index contributed by atoms with van der Waals surface area (Å²) >= 11 is 7.56. The highest BCUT2D eigenvalue weighted by molar-refractivity contribution is 7.22. The second-order valence-corrected chi connectivity index (χ2v) is 9.86. The van der Waals surface area contributed by atoms with Crippen LogP contribution in [0.3, 0.4) is 0 Å². The molecule has 0 saturated carbocycles. The number of thiazole rings is 1. The Morgan fingerprint density at radius 1 is 1.26 bits per heavy atom. The van der Waals surface area contributed by atoms with Crippen LogP contribution in [-0.2, 0) is 0 Å². The van der Waals surface area contributed by atoms with Crippen LogP contribution in [0.4, 0.5) is 19.7 Å². The second kappa shape index (κ2) is 9.65. The fourth-order valence-corrected chi connectivity index (χ4v) is 5.42. The Morgan fingerprint density at radius 2 is 2.09 bits per heavy atom. The first-order valence-electron chi connectivity index (χ1n) is 11.2. The molecular weight excluding hydrogens is 496 g/mol. The number of nitrogen functional groups attached to an aromatic ring is 1. The van der Waals surface area contributed by atoms with Gasteiger partial charge in [0, 0.05) is 35.6 Å². The zero-order chi connectivity index (χ0) is 24.7. The molecule has 8 nitrogen and oxygen atoms in total. The zero-order valence-electron chi connectivity index (χ0n) is 18.9. The van der Waals surface area contributed by atoms with Gasteiger partial charge in [-0.2, -0.15) is 9.97 Å². The van der Waals surface area contributed by atoms with Crippen molar-refractivity contribution < 1.29 is 13.5 Å². The lowest BCUT2D eigenvalue weighted by Crippen LogP contribution is -2.31. The lowest BCUT2D eigenvalue weighted by atomic mass is 10.0. The fourth-order valence-electron chi connectivity index (χ4n) is 4.37. The van der Waals surface area contributed by atoms with Crippen LogP contribution >= 0.6 is 22.9 Å². The summed E-state index contributed by atoms with van der Waals surface area (Å²) in [7, 11) is 2.04. The molecule has 0 amide bonds. The van der Waals surface area contributed by atoms with E-state index in [0.29, 0.717) is 36.5 Å². The molecule has 4 aromatic rings. The number of anilines is 2. The third kappa shape index (κ3) is 4.44. The molecule has 1 aliphatic rings. The summed E-state index contributed by atoms with van der Waals surface area (Å²) < 4.78 is 36.6. The minimum atomic E-state index is -0.687. The van der Waals surface area contributed by atoms with E-state index in [2.05, 4.69) is 25.2 Å². The number of fused-ring (bicyclic) bond motifs is 2. The molecule has 0 bridgehead atoms. The van der Waals surface area contributed by atoms with Gasteiger partial charge in [-0.05, 0) is 44.6 Å². The summed E-state index contributed by atoms with van der Waals surface area (Å²) in [5.74, 6) is -0.809. The van der Waals surface area contributed by atoms with Gasteiger partial charge in [0.2, 0.25) is 0 Å². The van der Waals surface area contributed by atoms with E-state index in [9.17, 15) is 4.39 Å². The lowest BCUT2D eigenvalue weighted by molar-refractivity contribution is 0.188. The van der Waals surface area contributed by atoms with E-state index in [0.717, 1.165) is 30.7 Å². The van der Waals surface area contributed by atoms with Crippen molar-refractivity contribution in [3.05, 3.63) is 34.9 Å². The summed E-state index contributed by atoms with van der Waals surface area (Å²) in [5.41, 5.74) is 12.1. The first kappa shape index (κ1) is 23.9. The van der Waals surface area contributed by atoms with Gasteiger partial charge in [0.1, 0.15) is 23.8 Å². The van der Waals surface area contributed by atoms with Crippen LogP contribution in [0.25, 0.3) is 32.2 Å². The highest BCUT2D eigenvalue weighted by Gasteiger charge is 2.25. The van der Waals surface area contributed by atoms with Crippen molar-refractivity contribution >= 4 is 55.0 Å². The van der Waals surface area contributed by atoms with E-state index in [1.165, 1.54) is 12.1 Å². The first-order chi connectivity index (χ1) is 16.9. The van der Waals surface area contributed by atoms with Crippen LogP contribution in [0.1, 0.15) is 12.8 Å². The fraction of sp³-hybridized carbons (Fsp3) is 0.348. The minimum absolute atomic E-state index is 0.0226. The Morgan fingerprint density at radius 3 is 2.83 bits per heavy atom. The monoisotopic (exact) mass is 519 g/mol. The molecule has 1 aliphatic heterocycles. The first-order valence-corrected chi connectivity index (χ1v) is 12.4. The third-order valence-corrected chi connectivity index (χ3v) is 7.35. The summed E-state index contributed by atoms with van der Waals surface area (Å²) in [6.45, 7) is 2.15. The molecule has 0 radical (unpaired) electrons. The minimum Gasteiger partial charge on any atom is -0.462 e. The number of aromatic nitrogens is 3. The van der Waals surface area contributed by atoms with Crippen LogP contribution in [0.5, 0.6) is 6.01 Å². The number of ether oxygens (including phenoxy) is 1. The van der Waals surface area contributed by atoms with Gasteiger partial charge in [0.25, 0.3) is 0 Å². The van der Waals surface area contributed by atoms with Crippen molar-refractivity contribution in [1.29, 1.82) is 0 Å². The average molecular weight is 520 g/mol. The number of nitrogens with one attached hydrogen (secondary N) is 1. The standard InChI is InChI=1S/C23H24ClF2N7OS/c1-33-8-2-3-11(33)10-34-23-31-18-13(21(32-23)29-7-6-27)9-14(24)16(17(18)26)12-4-5-15(25)20-19(12)30-22(28)35-20/h4-5,9,11H,2-3,6-8,10,27H2,1H3,(H2,28,30)(H,29,31,32). The van der Waals surface area contributed by atoms with Gasteiger partial charge in [0.15, 0.2) is 10.9 Å². The molecule has 35 heavy (non-hydrogen) atoms. The number of rotatable bonds is 7. The molecule has 0 aliphatic carbocycles. The van der Waals surface area contributed by atoms with Crippen LogP contribution in [0.15, 0.2) is 18.2 Å². The van der Waals surface area contributed by atoms with E-state index >= 15 is 4.39 Å². The van der Waals surface area contributed by atoms with Gasteiger partial charge in [-0.3, -0.25) is 0 Å². The van der Waals surface area contributed by atoms with Crippen LogP contribution in [-0.4, -0.2) is 59.2 Å². The molecule has 12 heteroatoms. The van der Waals surface area contributed by atoms with Crippen molar-refractivity contribution in [2.45, 2.75) is 18.9 Å². The third-order valence-electron chi connectivity index (χ3n) is 6.16. The smallest absolute Gasteiger partial charge is 0.319 e. The van der Waals surface area contributed by atoms with Gasteiger partial charge in [-0.25, -0.2) is 13.8 Å². The highest BCUT2D eigenvalue weighted by atomic mass is 35.5. The topological polar surface area (TPSA) is 115 Å². The van der Waals surface area contributed by atoms with Gasteiger partial charge in [-0.15, -0.1) is 0 Å². The molecule has 0 spiro atoms. The Labute approximate surface area is 209 Å². The van der Waals surface area contributed by atoms with E-state index in [1.807, 2.05) is 7.05 Å². The SMILES string of the molecule is CN1CCCC1COc1nc(NCCN)c2cc(Cl)c(-c3ccc(F)c4sc(N)nc34)c(F)c2n1. The van der Waals surface area contributed by atoms with E-state index in [4.69, 9.17) is 27.8 Å². The molecule has 2 aromatic heterocycles. The quantitative estimate of drug-likeness (QED) is 0.332. The Kier molecular flexibility index (Phi) is 6.58. The number of hydrogen-bond acceptors (Lipinski definition) is 9. The summed E-state index contributed by atoms with van der Waals surface area (Å²) in [6, 6.07) is 4.55. The Hall–Kier alpha value is -2.86. The van der Waals surface area contributed by atoms with Crippen molar-refractivity contribution in [3.63, 3.8) is 0 Å². The van der Waals surface area contributed by atoms with Gasteiger partial charge in [-0.1, -0.05) is 22.9 Å². The number of hydrogen-bond donors (Lipinski definition) is 3. The predicted molar refractivity (Wildman–Crippen MR) is 136 cm³/mol. The van der Waals surface area contributed by atoms with Crippen molar-refractivity contribution in [2.75, 3.05) is 44.3 Å². The van der Waals surface area contributed by atoms with Gasteiger partial charge >= 0.3 is 6.01 Å². The summed E-state index contributed by atoms with van der Waals surface area (Å²) in [5, 5.41) is 3.76. The molecule has 2 aromatic carbocycles. The molecule has 5 N–H and O–H groups in total. The van der Waals surface area contributed by atoms with Crippen molar-refractivity contribution in [2.24, 2.45) is 5.73 Å². The summed E-state index contributed by atoms with van der Waals surface area (Å²) in [6.07, 6.45) is 2.10. The predicted octanol–water partition coefficient (Wildman–Crippen LogP) is 4.26. The number of nitrogens with zero attached hydrogens (tertiary/aromatic N) is 4. The van der Waals surface area contributed by atoms with E-state index in [1.54, 1.807) is 6.07 Å². The Balaban J connectivity index is 1.65. The number of likely N-dealkylation sites (N-methyl/N-ethyl adjacent to an activating group) is 1. The van der Waals surface area contributed by atoms with Gasteiger partial charge in [0.05, 0.1) is 15.2 Å². The molecule has 184 valence electrons. The largest absolute Gasteiger partial charge is 0.462 e. The number of halogens is 3. The lowest BCUT2D eigenvalue weighted by Gasteiger charge is -2.19. The normalized spacial score (nSPS) is 16.4. The Bertz CT molecular complexity index is 1420. The van der Waals surface area contributed by atoms with Gasteiger partial charge < -0.3 is 26.4 Å². The molecule has 3 heterocycles. The molecule has 1 unspecified atom stereocenters. The second-order valence-electron chi connectivity index (χ2n) is 8.43.